The van der Waals surface area contributed by atoms with Crippen LogP contribution in [0.4, 0.5) is 0 Å². The van der Waals surface area contributed by atoms with Crippen LogP contribution in [0.25, 0.3) is 6.08 Å². The molecule has 0 saturated heterocycles. The highest BCUT2D eigenvalue weighted by Gasteiger charge is 2.10. The van der Waals surface area contributed by atoms with Crippen molar-refractivity contribution in [1.82, 2.24) is 4.98 Å². The number of benzene rings is 1. The number of allylic oxidation sites excluding steroid dienone is 1. The summed E-state index contributed by atoms with van der Waals surface area (Å²) < 4.78 is 4.58. The third kappa shape index (κ3) is 3.49. The van der Waals surface area contributed by atoms with Crippen LogP contribution in [-0.2, 0) is 4.74 Å². The van der Waals surface area contributed by atoms with Crippen LogP contribution in [-0.4, -0.2) is 34.1 Å². The Bertz CT molecular complexity index is 752. The number of ketones is 1. The maximum atomic E-state index is 12.0. The fraction of sp³-hybridized carbons (Fsp3) is 0.0625. The average Bonchev–Trinajstić information content (AvgIpc) is 2.54. The van der Waals surface area contributed by atoms with Crippen LogP contribution < -0.4 is 0 Å². The van der Waals surface area contributed by atoms with Crippen molar-refractivity contribution >= 4 is 17.8 Å². The maximum absolute atomic E-state index is 12.0. The van der Waals surface area contributed by atoms with Gasteiger partial charge >= 0.3 is 5.97 Å². The van der Waals surface area contributed by atoms with Crippen LogP contribution in [0.3, 0.4) is 0 Å². The van der Waals surface area contributed by atoms with Crippen molar-refractivity contribution in [2.75, 3.05) is 7.11 Å². The molecule has 2 aromatic rings. The fourth-order valence-electron chi connectivity index (χ4n) is 1.76. The molecule has 0 bridgehead atoms. The minimum absolute atomic E-state index is 0.0201. The molecular weight excluding hydrogens is 286 g/mol. The molecule has 0 aliphatic rings. The average molecular weight is 299 g/mol. The Labute approximate surface area is 126 Å². The Morgan fingerprint density at radius 2 is 1.95 bits per heavy atom. The summed E-state index contributed by atoms with van der Waals surface area (Å²) in [6.07, 6.45) is 5.49. The van der Waals surface area contributed by atoms with E-state index < -0.39 is 11.8 Å². The van der Waals surface area contributed by atoms with Gasteiger partial charge < -0.3 is 14.9 Å². The van der Waals surface area contributed by atoms with Gasteiger partial charge in [0.1, 0.15) is 11.5 Å². The maximum Gasteiger partial charge on any atom is 0.339 e. The Kier molecular flexibility index (Phi) is 4.53. The molecular formula is C16H13NO5. The van der Waals surface area contributed by atoms with Gasteiger partial charge in [-0.1, -0.05) is 0 Å². The molecule has 0 amide bonds. The second kappa shape index (κ2) is 6.53. The molecule has 0 radical (unpaired) electrons. The van der Waals surface area contributed by atoms with Gasteiger partial charge in [-0.3, -0.25) is 9.78 Å². The van der Waals surface area contributed by atoms with E-state index in [9.17, 15) is 19.8 Å². The van der Waals surface area contributed by atoms with Crippen LogP contribution in [0.5, 0.6) is 11.5 Å². The summed E-state index contributed by atoms with van der Waals surface area (Å²) in [6, 6.07) is 5.20. The Balaban J connectivity index is 2.23. The number of pyridine rings is 1. The molecule has 1 heterocycles. The highest BCUT2D eigenvalue weighted by Crippen LogP contribution is 2.23. The number of methoxy groups -OCH3 is 1. The molecule has 6 heteroatoms. The minimum atomic E-state index is -0.528. The quantitative estimate of drug-likeness (QED) is 0.389. The molecule has 2 rings (SSSR count). The number of carbonyl (C=O) groups excluding carboxylic acids is 2. The van der Waals surface area contributed by atoms with E-state index in [1.54, 1.807) is 0 Å². The van der Waals surface area contributed by atoms with Crippen molar-refractivity contribution in [3.05, 3.63) is 59.4 Å². The SMILES string of the molecule is COC(=O)c1cncc(/C=C/C(=O)c2cc(O)ccc2O)c1. The standard InChI is InChI=1S/C16H13NO5/c1-22-16(21)11-6-10(8-17-9-11)2-4-14(19)13-7-12(18)3-5-15(13)20/h2-9,18,20H,1H3/b4-2+. The number of nitrogens with zero attached hydrogens (tertiary/aromatic N) is 1. The van der Waals surface area contributed by atoms with Gasteiger partial charge in [0.25, 0.3) is 0 Å². The number of ether oxygens (including phenoxy) is 1. The van der Waals surface area contributed by atoms with Crippen molar-refractivity contribution < 1.29 is 24.5 Å². The lowest BCUT2D eigenvalue weighted by Gasteiger charge is -2.01. The van der Waals surface area contributed by atoms with E-state index >= 15 is 0 Å². The number of carbonyl (C=O) groups is 2. The molecule has 0 aliphatic carbocycles. The van der Waals surface area contributed by atoms with Crippen LogP contribution in [0.1, 0.15) is 26.3 Å². The van der Waals surface area contributed by atoms with E-state index in [-0.39, 0.29) is 22.6 Å². The van der Waals surface area contributed by atoms with Gasteiger partial charge in [0.2, 0.25) is 0 Å². The summed E-state index contributed by atoms with van der Waals surface area (Å²) in [5.41, 5.74) is 0.765. The number of phenolic OH excluding ortho intramolecular Hbond substituents is 2. The van der Waals surface area contributed by atoms with E-state index in [1.807, 2.05) is 0 Å². The van der Waals surface area contributed by atoms with Gasteiger partial charge in [-0.25, -0.2) is 4.79 Å². The summed E-state index contributed by atoms with van der Waals surface area (Å²) in [6.45, 7) is 0. The highest BCUT2D eigenvalue weighted by molar-refractivity contribution is 6.08. The lowest BCUT2D eigenvalue weighted by Crippen LogP contribution is -2.02. The molecule has 6 nitrogen and oxygen atoms in total. The first kappa shape index (κ1) is 15.2. The van der Waals surface area contributed by atoms with Gasteiger partial charge in [0.05, 0.1) is 18.2 Å². The number of esters is 1. The summed E-state index contributed by atoms with van der Waals surface area (Å²) in [4.78, 5) is 27.3. The lowest BCUT2D eigenvalue weighted by atomic mass is 10.1. The smallest absolute Gasteiger partial charge is 0.339 e. The zero-order valence-corrected chi connectivity index (χ0v) is 11.7. The predicted octanol–water partition coefficient (Wildman–Crippen LogP) is 2.18. The normalized spacial score (nSPS) is 10.6. The molecule has 1 aromatic heterocycles. The lowest BCUT2D eigenvalue weighted by molar-refractivity contribution is 0.0600. The first-order chi connectivity index (χ1) is 10.5. The molecule has 0 fully saturated rings. The monoisotopic (exact) mass is 299 g/mol. The Hall–Kier alpha value is -3.15. The molecule has 112 valence electrons. The number of aromatic nitrogens is 1. The van der Waals surface area contributed by atoms with Crippen LogP contribution in [0, 0.1) is 0 Å². The summed E-state index contributed by atoms with van der Waals surface area (Å²) in [5.74, 6) is -1.37. The van der Waals surface area contributed by atoms with Crippen LogP contribution in [0.2, 0.25) is 0 Å². The first-order valence-corrected chi connectivity index (χ1v) is 6.29. The second-order valence-electron chi connectivity index (χ2n) is 4.40. The Morgan fingerprint density at radius 3 is 2.68 bits per heavy atom. The van der Waals surface area contributed by atoms with Gasteiger partial charge in [-0.15, -0.1) is 0 Å². The molecule has 0 atom stereocenters. The van der Waals surface area contributed by atoms with E-state index in [0.29, 0.717) is 5.56 Å². The van der Waals surface area contributed by atoms with Crippen LogP contribution >= 0.6 is 0 Å². The molecule has 0 unspecified atom stereocenters. The van der Waals surface area contributed by atoms with Crippen molar-refractivity contribution in [3.8, 4) is 11.5 Å². The minimum Gasteiger partial charge on any atom is -0.508 e. The molecule has 0 aliphatic heterocycles. The zero-order chi connectivity index (χ0) is 16.1. The van der Waals surface area contributed by atoms with Crippen molar-refractivity contribution in [2.24, 2.45) is 0 Å². The first-order valence-electron chi connectivity index (χ1n) is 6.29. The zero-order valence-electron chi connectivity index (χ0n) is 11.7. The third-order valence-corrected chi connectivity index (χ3v) is 2.85. The van der Waals surface area contributed by atoms with E-state index in [0.717, 1.165) is 0 Å². The van der Waals surface area contributed by atoms with Crippen molar-refractivity contribution in [2.45, 2.75) is 0 Å². The van der Waals surface area contributed by atoms with Gasteiger partial charge in [0.15, 0.2) is 5.78 Å². The topological polar surface area (TPSA) is 96.7 Å². The van der Waals surface area contributed by atoms with E-state index in [1.165, 1.54) is 55.9 Å². The highest BCUT2D eigenvalue weighted by atomic mass is 16.5. The van der Waals surface area contributed by atoms with Crippen LogP contribution in [0.15, 0.2) is 42.7 Å². The van der Waals surface area contributed by atoms with Gasteiger partial charge in [0, 0.05) is 12.4 Å². The molecule has 1 aromatic carbocycles. The number of hydrogen-bond acceptors (Lipinski definition) is 6. The number of rotatable bonds is 4. The summed E-state index contributed by atoms with van der Waals surface area (Å²) >= 11 is 0. The second-order valence-corrected chi connectivity index (χ2v) is 4.40. The number of hydrogen-bond donors (Lipinski definition) is 2. The van der Waals surface area contributed by atoms with E-state index in [4.69, 9.17) is 0 Å². The van der Waals surface area contributed by atoms with E-state index in [2.05, 4.69) is 9.72 Å². The number of phenols is 2. The molecule has 0 saturated carbocycles. The van der Waals surface area contributed by atoms with Crippen molar-refractivity contribution in [3.63, 3.8) is 0 Å². The predicted molar refractivity (Wildman–Crippen MR) is 78.7 cm³/mol. The molecule has 2 N–H and O–H groups in total. The largest absolute Gasteiger partial charge is 0.508 e. The molecule has 0 spiro atoms. The van der Waals surface area contributed by atoms with Crippen molar-refractivity contribution in [1.29, 1.82) is 0 Å². The summed E-state index contributed by atoms with van der Waals surface area (Å²) in [7, 11) is 1.26. The number of aromatic hydroxyl groups is 2. The Morgan fingerprint density at radius 1 is 1.18 bits per heavy atom. The fourth-order valence-corrected chi connectivity index (χ4v) is 1.76. The third-order valence-electron chi connectivity index (χ3n) is 2.85. The van der Waals surface area contributed by atoms with Gasteiger partial charge in [-0.05, 0) is 42.0 Å². The molecule has 22 heavy (non-hydrogen) atoms. The summed E-state index contributed by atoms with van der Waals surface area (Å²) in [5, 5.41) is 19.0. The van der Waals surface area contributed by atoms with Gasteiger partial charge in [-0.2, -0.15) is 0 Å².